The molecular weight excluding hydrogens is 278 g/mol. The second-order valence-electron chi connectivity index (χ2n) is 4.23. The molecule has 0 unspecified atom stereocenters. The molecule has 0 aliphatic heterocycles. The molecule has 4 nitrogen and oxygen atoms in total. The zero-order valence-corrected chi connectivity index (χ0v) is 11.9. The topological polar surface area (TPSA) is 80.4 Å². The SMILES string of the molecule is C(=C\c1ccccc1)/c1ccccc1.NC(=O)/C=C\C(=O)O. The van der Waals surface area contributed by atoms with Crippen molar-refractivity contribution in [2.45, 2.75) is 0 Å². The van der Waals surface area contributed by atoms with Crippen molar-refractivity contribution < 1.29 is 14.7 Å². The fourth-order valence-corrected chi connectivity index (χ4v) is 1.47. The van der Waals surface area contributed by atoms with Crippen molar-refractivity contribution in [3.8, 4) is 0 Å². The lowest BCUT2D eigenvalue weighted by Gasteiger charge is -1.92. The zero-order chi connectivity index (χ0) is 16.2. The molecule has 0 spiro atoms. The van der Waals surface area contributed by atoms with E-state index in [1.54, 1.807) is 0 Å². The van der Waals surface area contributed by atoms with Crippen molar-refractivity contribution in [2.24, 2.45) is 5.73 Å². The Morgan fingerprint density at radius 1 is 0.773 bits per heavy atom. The van der Waals surface area contributed by atoms with Crippen LogP contribution in [-0.4, -0.2) is 17.0 Å². The highest BCUT2D eigenvalue weighted by atomic mass is 16.4. The number of carbonyl (C=O) groups is 2. The van der Waals surface area contributed by atoms with Gasteiger partial charge in [-0.15, -0.1) is 0 Å². The minimum absolute atomic E-state index is 0.683. The van der Waals surface area contributed by atoms with Gasteiger partial charge >= 0.3 is 5.97 Å². The second-order valence-corrected chi connectivity index (χ2v) is 4.23. The number of hydrogen-bond acceptors (Lipinski definition) is 2. The molecule has 0 saturated carbocycles. The van der Waals surface area contributed by atoms with Crippen LogP contribution in [0.15, 0.2) is 72.8 Å². The summed E-state index contributed by atoms with van der Waals surface area (Å²) in [7, 11) is 0. The van der Waals surface area contributed by atoms with Crippen molar-refractivity contribution in [3.05, 3.63) is 83.9 Å². The molecule has 2 aromatic carbocycles. The van der Waals surface area contributed by atoms with E-state index in [0.717, 1.165) is 6.08 Å². The van der Waals surface area contributed by atoms with Crippen LogP contribution >= 0.6 is 0 Å². The molecule has 0 saturated heterocycles. The summed E-state index contributed by atoms with van der Waals surface area (Å²) in [5.74, 6) is -1.93. The van der Waals surface area contributed by atoms with Gasteiger partial charge in [0.2, 0.25) is 5.91 Å². The lowest BCUT2D eigenvalue weighted by Crippen LogP contribution is -2.06. The largest absolute Gasteiger partial charge is 0.478 e. The number of hydrogen-bond donors (Lipinski definition) is 2. The van der Waals surface area contributed by atoms with Crippen LogP contribution in [0.2, 0.25) is 0 Å². The molecule has 3 N–H and O–H groups in total. The Morgan fingerprint density at radius 2 is 1.18 bits per heavy atom. The zero-order valence-electron chi connectivity index (χ0n) is 11.9. The molecule has 0 aliphatic rings. The first kappa shape index (κ1) is 16.9. The Bertz CT molecular complexity index is 589. The van der Waals surface area contributed by atoms with E-state index in [0.29, 0.717) is 6.08 Å². The standard InChI is InChI=1S/C14H12.C4H5NO3/c1-3-7-13(8-4-1)11-12-14-9-5-2-6-10-14;5-3(6)1-2-4(7)8/h1-12H;1-2H,(H2,5,6)(H,7,8)/b12-11+;2-1-. The average Bonchev–Trinajstić information content (AvgIpc) is 2.54. The van der Waals surface area contributed by atoms with Crippen molar-refractivity contribution in [2.75, 3.05) is 0 Å². The molecule has 0 aromatic heterocycles. The van der Waals surface area contributed by atoms with Crippen molar-refractivity contribution >= 4 is 24.0 Å². The Kier molecular flexibility index (Phi) is 7.47. The summed E-state index contributed by atoms with van der Waals surface area (Å²) in [5.41, 5.74) is 7.02. The third-order valence-electron chi connectivity index (χ3n) is 2.46. The van der Waals surface area contributed by atoms with Gasteiger partial charge in [-0.05, 0) is 11.1 Å². The highest BCUT2D eigenvalue weighted by Crippen LogP contribution is 2.06. The van der Waals surface area contributed by atoms with Crippen molar-refractivity contribution in [3.63, 3.8) is 0 Å². The third kappa shape index (κ3) is 8.12. The van der Waals surface area contributed by atoms with Gasteiger partial charge in [0.15, 0.2) is 0 Å². The molecular formula is C18H17NO3. The van der Waals surface area contributed by atoms with Gasteiger partial charge in [0, 0.05) is 12.2 Å². The first-order valence-electron chi connectivity index (χ1n) is 6.56. The van der Waals surface area contributed by atoms with Gasteiger partial charge in [-0.2, -0.15) is 0 Å². The molecule has 0 aliphatic carbocycles. The molecule has 0 heterocycles. The van der Waals surface area contributed by atoms with E-state index < -0.39 is 11.9 Å². The number of nitrogens with two attached hydrogens (primary N) is 1. The van der Waals surface area contributed by atoms with Gasteiger partial charge < -0.3 is 10.8 Å². The predicted molar refractivity (Wildman–Crippen MR) is 87.8 cm³/mol. The molecule has 0 fully saturated rings. The lowest BCUT2D eigenvalue weighted by molar-refractivity contribution is -0.131. The minimum Gasteiger partial charge on any atom is -0.478 e. The number of carboxylic acids is 1. The van der Waals surface area contributed by atoms with Crippen molar-refractivity contribution in [1.82, 2.24) is 0 Å². The number of carboxylic acid groups (broad SMARTS) is 1. The molecule has 112 valence electrons. The van der Waals surface area contributed by atoms with Gasteiger partial charge in [-0.1, -0.05) is 72.8 Å². The first-order chi connectivity index (χ1) is 10.6. The van der Waals surface area contributed by atoms with Crippen LogP contribution in [0.4, 0.5) is 0 Å². The summed E-state index contributed by atoms with van der Waals surface area (Å²) in [6, 6.07) is 20.6. The normalized spacial score (nSPS) is 10.2. The summed E-state index contributed by atoms with van der Waals surface area (Å²) in [4.78, 5) is 19.4. The molecule has 0 atom stereocenters. The van der Waals surface area contributed by atoms with Gasteiger partial charge in [0.05, 0.1) is 0 Å². The summed E-state index contributed by atoms with van der Waals surface area (Å²) in [5, 5.41) is 7.87. The average molecular weight is 295 g/mol. The molecule has 0 radical (unpaired) electrons. The molecule has 2 aromatic rings. The van der Waals surface area contributed by atoms with Crippen LogP contribution in [0.3, 0.4) is 0 Å². The van der Waals surface area contributed by atoms with E-state index in [-0.39, 0.29) is 0 Å². The summed E-state index contributed by atoms with van der Waals surface area (Å²) >= 11 is 0. The molecule has 4 heteroatoms. The molecule has 0 bridgehead atoms. The minimum atomic E-state index is -1.18. The number of rotatable bonds is 4. The van der Waals surface area contributed by atoms with Crippen LogP contribution in [0.1, 0.15) is 11.1 Å². The molecule has 22 heavy (non-hydrogen) atoms. The van der Waals surface area contributed by atoms with Crippen LogP contribution in [0.5, 0.6) is 0 Å². The van der Waals surface area contributed by atoms with Crippen LogP contribution in [-0.2, 0) is 9.59 Å². The fourth-order valence-electron chi connectivity index (χ4n) is 1.47. The van der Waals surface area contributed by atoms with Crippen LogP contribution in [0, 0.1) is 0 Å². The van der Waals surface area contributed by atoms with E-state index in [1.165, 1.54) is 11.1 Å². The van der Waals surface area contributed by atoms with E-state index in [1.807, 2.05) is 36.4 Å². The number of primary amides is 1. The molecule has 1 amide bonds. The number of benzene rings is 2. The maximum absolute atomic E-state index is 9.78. The highest BCUT2D eigenvalue weighted by molar-refractivity contribution is 5.92. The molecule has 2 rings (SSSR count). The lowest BCUT2D eigenvalue weighted by atomic mass is 10.1. The van der Waals surface area contributed by atoms with E-state index in [4.69, 9.17) is 5.11 Å². The van der Waals surface area contributed by atoms with Gasteiger partial charge in [0.25, 0.3) is 0 Å². The van der Waals surface area contributed by atoms with Gasteiger partial charge in [0.1, 0.15) is 0 Å². The third-order valence-corrected chi connectivity index (χ3v) is 2.46. The number of carbonyl (C=O) groups excluding carboxylic acids is 1. The monoisotopic (exact) mass is 295 g/mol. The summed E-state index contributed by atoms with van der Waals surface area (Å²) < 4.78 is 0. The van der Waals surface area contributed by atoms with E-state index in [2.05, 4.69) is 42.2 Å². The maximum Gasteiger partial charge on any atom is 0.328 e. The van der Waals surface area contributed by atoms with Gasteiger partial charge in [-0.25, -0.2) is 4.79 Å². The summed E-state index contributed by atoms with van der Waals surface area (Å²) in [6.45, 7) is 0. The van der Waals surface area contributed by atoms with Crippen molar-refractivity contribution in [1.29, 1.82) is 0 Å². The maximum atomic E-state index is 9.78. The van der Waals surface area contributed by atoms with E-state index in [9.17, 15) is 9.59 Å². The predicted octanol–water partition coefficient (Wildman–Crippen LogP) is 2.97. The quantitative estimate of drug-likeness (QED) is 0.672. The Morgan fingerprint density at radius 3 is 1.45 bits per heavy atom. The highest BCUT2D eigenvalue weighted by Gasteiger charge is 1.86. The Balaban J connectivity index is 0.000000261. The smallest absolute Gasteiger partial charge is 0.328 e. The second kappa shape index (κ2) is 9.72. The van der Waals surface area contributed by atoms with Crippen LogP contribution < -0.4 is 5.73 Å². The number of aliphatic carboxylic acids is 1. The van der Waals surface area contributed by atoms with Gasteiger partial charge in [-0.3, -0.25) is 4.79 Å². The Labute approximate surface area is 129 Å². The van der Waals surface area contributed by atoms with E-state index >= 15 is 0 Å². The number of amides is 1. The van der Waals surface area contributed by atoms with Crippen LogP contribution in [0.25, 0.3) is 12.2 Å². The summed E-state index contributed by atoms with van der Waals surface area (Å²) in [6.07, 6.45) is 5.70. The Hall–Kier alpha value is -3.14. The first-order valence-corrected chi connectivity index (χ1v) is 6.56. The fraction of sp³-hybridized carbons (Fsp3) is 0.